The van der Waals surface area contributed by atoms with Crippen LogP contribution in [0, 0.1) is 11.8 Å². The van der Waals surface area contributed by atoms with Gasteiger partial charge in [0.25, 0.3) is 0 Å². The Hall–Kier alpha value is -1.02. The molecule has 2 rings (SSSR count). The third kappa shape index (κ3) is 3.22. The van der Waals surface area contributed by atoms with Crippen LogP contribution in [0.15, 0.2) is 24.3 Å². The monoisotopic (exact) mass is 232 g/mol. The molecule has 94 valence electrons. The first-order valence-corrected chi connectivity index (χ1v) is 6.72. The number of nitrogen functional groups attached to an aromatic ring is 1. The molecule has 0 saturated carbocycles. The van der Waals surface area contributed by atoms with Crippen LogP contribution in [0.25, 0.3) is 0 Å². The third-order valence-corrected chi connectivity index (χ3v) is 4.17. The lowest BCUT2D eigenvalue weighted by molar-refractivity contribution is 0.140. The average molecular weight is 232 g/mol. The number of para-hydroxylation sites is 1. The molecule has 1 saturated heterocycles. The second-order valence-electron chi connectivity index (χ2n) is 5.49. The van der Waals surface area contributed by atoms with Crippen molar-refractivity contribution < 1.29 is 0 Å². The highest BCUT2D eigenvalue weighted by Gasteiger charge is 2.22. The van der Waals surface area contributed by atoms with Gasteiger partial charge in [-0.15, -0.1) is 0 Å². The van der Waals surface area contributed by atoms with Gasteiger partial charge in [-0.2, -0.15) is 0 Å². The summed E-state index contributed by atoms with van der Waals surface area (Å²) < 4.78 is 0. The Labute approximate surface area is 105 Å². The van der Waals surface area contributed by atoms with Crippen molar-refractivity contribution in [2.24, 2.45) is 11.8 Å². The molecule has 2 N–H and O–H groups in total. The lowest BCUT2D eigenvalue weighted by atomic mass is 9.88. The van der Waals surface area contributed by atoms with Crippen LogP contribution in [0.4, 0.5) is 5.69 Å². The summed E-state index contributed by atoms with van der Waals surface area (Å²) in [6.45, 7) is 8.38. The molecule has 0 amide bonds. The molecule has 2 nitrogen and oxygen atoms in total. The van der Waals surface area contributed by atoms with Crippen LogP contribution in [-0.2, 0) is 6.42 Å². The molecule has 1 heterocycles. The maximum absolute atomic E-state index is 5.97. The van der Waals surface area contributed by atoms with Crippen molar-refractivity contribution in [3.05, 3.63) is 29.8 Å². The maximum atomic E-state index is 5.97. The van der Waals surface area contributed by atoms with Gasteiger partial charge < -0.3 is 10.6 Å². The Morgan fingerprint density at radius 3 is 2.71 bits per heavy atom. The zero-order valence-corrected chi connectivity index (χ0v) is 11.0. The number of likely N-dealkylation sites (tertiary alicyclic amines) is 1. The van der Waals surface area contributed by atoms with E-state index in [4.69, 9.17) is 5.73 Å². The molecule has 1 aromatic rings. The van der Waals surface area contributed by atoms with Gasteiger partial charge in [0.05, 0.1) is 0 Å². The number of nitrogens with zero attached hydrogens (tertiary/aromatic N) is 1. The molecular weight excluding hydrogens is 208 g/mol. The van der Waals surface area contributed by atoms with Gasteiger partial charge in [0.2, 0.25) is 0 Å². The van der Waals surface area contributed by atoms with Crippen LogP contribution < -0.4 is 5.73 Å². The van der Waals surface area contributed by atoms with Crippen LogP contribution in [0.3, 0.4) is 0 Å². The highest BCUT2D eigenvalue weighted by Crippen LogP contribution is 2.22. The molecule has 2 unspecified atom stereocenters. The molecule has 1 aromatic carbocycles. The minimum Gasteiger partial charge on any atom is -0.399 e. The van der Waals surface area contributed by atoms with Crippen LogP contribution in [0.5, 0.6) is 0 Å². The van der Waals surface area contributed by atoms with Crippen LogP contribution in [-0.4, -0.2) is 24.5 Å². The summed E-state index contributed by atoms with van der Waals surface area (Å²) >= 11 is 0. The van der Waals surface area contributed by atoms with Gasteiger partial charge >= 0.3 is 0 Å². The minimum atomic E-state index is 0.830. The maximum Gasteiger partial charge on any atom is 0.0347 e. The second-order valence-corrected chi connectivity index (χ2v) is 5.49. The summed E-state index contributed by atoms with van der Waals surface area (Å²) in [5.41, 5.74) is 8.19. The summed E-state index contributed by atoms with van der Waals surface area (Å²) in [5.74, 6) is 1.71. The SMILES string of the molecule is CC1CCN(CCc2ccccc2N)CC1C. The highest BCUT2D eigenvalue weighted by atomic mass is 15.1. The summed E-state index contributed by atoms with van der Waals surface area (Å²) in [6, 6.07) is 8.22. The van der Waals surface area contributed by atoms with Crippen molar-refractivity contribution in [1.29, 1.82) is 0 Å². The van der Waals surface area contributed by atoms with Crippen molar-refractivity contribution >= 4 is 5.69 Å². The Balaban J connectivity index is 1.85. The van der Waals surface area contributed by atoms with E-state index < -0.39 is 0 Å². The number of rotatable bonds is 3. The molecule has 1 fully saturated rings. The van der Waals surface area contributed by atoms with Crippen molar-refractivity contribution in [2.75, 3.05) is 25.4 Å². The molecule has 17 heavy (non-hydrogen) atoms. The van der Waals surface area contributed by atoms with Crippen LogP contribution in [0.2, 0.25) is 0 Å². The lowest BCUT2D eigenvalue weighted by Gasteiger charge is -2.35. The van der Waals surface area contributed by atoms with Crippen molar-refractivity contribution in [3.8, 4) is 0 Å². The standard InChI is InChI=1S/C15H24N2/c1-12-7-9-17(11-13(12)2)10-8-14-5-3-4-6-15(14)16/h3-6,12-13H,7-11,16H2,1-2H3. The predicted octanol–water partition coefficient (Wildman–Crippen LogP) is 2.79. The Bertz CT molecular complexity index is 362. The van der Waals surface area contributed by atoms with Crippen LogP contribution in [0.1, 0.15) is 25.8 Å². The van der Waals surface area contributed by atoms with Gasteiger partial charge in [0, 0.05) is 18.8 Å². The molecule has 1 aliphatic rings. The lowest BCUT2D eigenvalue weighted by Crippen LogP contribution is -2.39. The number of benzene rings is 1. The van der Waals surface area contributed by atoms with Crippen LogP contribution >= 0.6 is 0 Å². The quantitative estimate of drug-likeness (QED) is 0.812. The Kier molecular flexibility index (Phi) is 4.06. The molecule has 2 atom stereocenters. The molecule has 0 aromatic heterocycles. The molecular formula is C15H24N2. The third-order valence-electron chi connectivity index (χ3n) is 4.17. The van der Waals surface area contributed by atoms with Gasteiger partial charge in [-0.25, -0.2) is 0 Å². The Morgan fingerprint density at radius 2 is 2.00 bits per heavy atom. The zero-order valence-electron chi connectivity index (χ0n) is 11.0. The zero-order chi connectivity index (χ0) is 12.3. The van der Waals surface area contributed by atoms with Gasteiger partial charge in [-0.1, -0.05) is 32.0 Å². The van der Waals surface area contributed by atoms with Gasteiger partial charge in [0.15, 0.2) is 0 Å². The van der Waals surface area contributed by atoms with Gasteiger partial charge in [0.1, 0.15) is 0 Å². The smallest absolute Gasteiger partial charge is 0.0347 e. The normalized spacial score (nSPS) is 26.0. The second kappa shape index (κ2) is 5.54. The van der Waals surface area contributed by atoms with E-state index in [0.29, 0.717) is 0 Å². The minimum absolute atomic E-state index is 0.830. The summed E-state index contributed by atoms with van der Waals surface area (Å²) in [4.78, 5) is 2.58. The molecule has 0 spiro atoms. The molecule has 1 aliphatic heterocycles. The molecule has 0 aliphatic carbocycles. The highest BCUT2D eigenvalue weighted by molar-refractivity contribution is 5.46. The van der Waals surface area contributed by atoms with E-state index >= 15 is 0 Å². The first kappa shape index (κ1) is 12.4. The number of hydrogen-bond acceptors (Lipinski definition) is 2. The molecule has 0 radical (unpaired) electrons. The van der Waals surface area contributed by atoms with E-state index in [-0.39, 0.29) is 0 Å². The fraction of sp³-hybridized carbons (Fsp3) is 0.600. The van der Waals surface area contributed by atoms with E-state index in [1.165, 1.54) is 25.1 Å². The van der Waals surface area contributed by atoms with E-state index in [2.05, 4.69) is 30.9 Å². The summed E-state index contributed by atoms with van der Waals surface area (Å²) in [7, 11) is 0. The first-order valence-electron chi connectivity index (χ1n) is 6.72. The van der Waals surface area contributed by atoms with Gasteiger partial charge in [-0.3, -0.25) is 0 Å². The van der Waals surface area contributed by atoms with E-state index in [9.17, 15) is 0 Å². The Morgan fingerprint density at radius 1 is 1.24 bits per heavy atom. The number of piperidine rings is 1. The van der Waals surface area contributed by atoms with E-state index in [1.807, 2.05) is 12.1 Å². The van der Waals surface area contributed by atoms with E-state index in [1.54, 1.807) is 0 Å². The summed E-state index contributed by atoms with van der Waals surface area (Å²) in [5, 5.41) is 0. The van der Waals surface area contributed by atoms with Crippen molar-refractivity contribution in [1.82, 2.24) is 4.90 Å². The molecule has 0 bridgehead atoms. The summed E-state index contributed by atoms with van der Waals surface area (Å²) in [6.07, 6.45) is 2.42. The van der Waals surface area contributed by atoms with E-state index in [0.717, 1.165) is 30.5 Å². The molecule has 2 heteroatoms. The predicted molar refractivity (Wildman–Crippen MR) is 73.9 cm³/mol. The number of hydrogen-bond donors (Lipinski definition) is 1. The number of anilines is 1. The van der Waals surface area contributed by atoms with Crippen molar-refractivity contribution in [2.45, 2.75) is 26.7 Å². The topological polar surface area (TPSA) is 29.3 Å². The number of nitrogens with two attached hydrogens (primary N) is 1. The fourth-order valence-corrected chi connectivity index (χ4v) is 2.59. The average Bonchev–Trinajstić information content (AvgIpc) is 2.32. The largest absolute Gasteiger partial charge is 0.399 e. The fourth-order valence-electron chi connectivity index (χ4n) is 2.59. The van der Waals surface area contributed by atoms with Gasteiger partial charge in [-0.05, 0) is 42.9 Å². The first-order chi connectivity index (χ1) is 8.16. The van der Waals surface area contributed by atoms with Crippen molar-refractivity contribution in [3.63, 3.8) is 0 Å².